The fourth-order valence-electron chi connectivity index (χ4n) is 1.85. The van der Waals surface area contributed by atoms with Gasteiger partial charge in [0.2, 0.25) is 5.75 Å². The molecule has 0 aliphatic rings. The summed E-state index contributed by atoms with van der Waals surface area (Å²) in [7, 11) is 0. The maximum Gasteiger partial charge on any atom is 0.311 e. The number of ether oxygens (including phenoxy) is 1. The summed E-state index contributed by atoms with van der Waals surface area (Å²) in [6, 6.07) is 12.3. The molecule has 0 bridgehead atoms. The summed E-state index contributed by atoms with van der Waals surface area (Å²) in [6.07, 6.45) is 0.603. The molecule has 0 saturated heterocycles. The Bertz CT molecular complexity index is 609. The second-order valence-electron chi connectivity index (χ2n) is 4.51. The van der Waals surface area contributed by atoms with Gasteiger partial charge in [-0.1, -0.05) is 23.8 Å². The fourth-order valence-corrected chi connectivity index (χ4v) is 1.85. The Morgan fingerprint density at radius 3 is 2.50 bits per heavy atom. The van der Waals surface area contributed by atoms with Crippen molar-refractivity contribution in [3.63, 3.8) is 0 Å². The molecule has 0 fully saturated rings. The number of aryl methyl sites for hydroxylation is 1. The molecule has 0 aliphatic carbocycles. The number of nitrogens with zero attached hydrogens (tertiary/aromatic N) is 1. The van der Waals surface area contributed by atoms with Crippen LogP contribution in [-0.4, -0.2) is 11.5 Å². The highest BCUT2D eigenvalue weighted by Crippen LogP contribution is 2.32. The number of hydrogen-bond acceptors (Lipinski definition) is 4. The van der Waals surface area contributed by atoms with Crippen molar-refractivity contribution in [2.45, 2.75) is 13.3 Å². The highest BCUT2D eigenvalue weighted by Gasteiger charge is 2.16. The SMILES string of the molecule is Cc1ccc(Oc2ccc(CCN)cc2[N+](=O)[O-])cc1. The van der Waals surface area contributed by atoms with Crippen LogP contribution in [0.25, 0.3) is 0 Å². The van der Waals surface area contributed by atoms with Crippen molar-refractivity contribution in [3.8, 4) is 11.5 Å². The smallest absolute Gasteiger partial charge is 0.311 e. The van der Waals surface area contributed by atoms with Crippen LogP contribution in [0.4, 0.5) is 5.69 Å². The van der Waals surface area contributed by atoms with Gasteiger partial charge in [0.15, 0.2) is 0 Å². The van der Waals surface area contributed by atoms with Crippen LogP contribution in [0.3, 0.4) is 0 Å². The standard InChI is InChI=1S/C15H16N2O3/c1-11-2-5-13(6-3-11)20-15-7-4-12(8-9-16)10-14(15)17(18)19/h2-7,10H,8-9,16H2,1H3. The van der Waals surface area contributed by atoms with E-state index in [9.17, 15) is 10.1 Å². The first-order valence-electron chi connectivity index (χ1n) is 6.32. The number of nitro benzene ring substituents is 1. The number of hydrogen-bond donors (Lipinski definition) is 1. The molecule has 0 radical (unpaired) electrons. The van der Waals surface area contributed by atoms with Crippen molar-refractivity contribution in [1.82, 2.24) is 0 Å². The lowest BCUT2D eigenvalue weighted by Crippen LogP contribution is -2.03. The summed E-state index contributed by atoms with van der Waals surface area (Å²) in [6.45, 7) is 2.42. The molecule has 0 heterocycles. The molecule has 2 aromatic rings. The van der Waals surface area contributed by atoms with Gasteiger partial charge in [0.25, 0.3) is 0 Å². The fraction of sp³-hybridized carbons (Fsp3) is 0.200. The third kappa shape index (κ3) is 3.33. The molecule has 104 valence electrons. The van der Waals surface area contributed by atoms with Crippen molar-refractivity contribution in [1.29, 1.82) is 0 Å². The number of rotatable bonds is 5. The Hall–Kier alpha value is -2.40. The van der Waals surface area contributed by atoms with E-state index in [1.807, 2.05) is 19.1 Å². The van der Waals surface area contributed by atoms with Gasteiger partial charge in [0.1, 0.15) is 5.75 Å². The molecule has 2 rings (SSSR count). The number of benzene rings is 2. The largest absolute Gasteiger partial charge is 0.450 e. The number of nitro groups is 1. The van der Waals surface area contributed by atoms with Gasteiger partial charge in [-0.2, -0.15) is 0 Å². The minimum Gasteiger partial charge on any atom is -0.450 e. The normalized spacial score (nSPS) is 10.3. The van der Waals surface area contributed by atoms with Crippen LogP contribution >= 0.6 is 0 Å². The predicted octanol–water partition coefficient (Wildman–Crippen LogP) is 3.20. The zero-order valence-corrected chi connectivity index (χ0v) is 11.2. The van der Waals surface area contributed by atoms with Crippen LogP contribution in [0.15, 0.2) is 42.5 Å². The van der Waals surface area contributed by atoms with Gasteiger partial charge in [-0.15, -0.1) is 0 Å². The minimum atomic E-state index is -0.441. The van der Waals surface area contributed by atoms with Crippen molar-refractivity contribution < 1.29 is 9.66 Å². The molecular weight excluding hydrogens is 256 g/mol. The van der Waals surface area contributed by atoms with Crippen LogP contribution < -0.4 is 10.5 Å². The summed E-state index contributed by atoms with van der Waals surface area (Å²) in [4.78, 5) is 10.7. The van der Waals surface area contributed by atoms with Gasteiger partial charge < -0.3 is 10.5 Å². The van der Waals surface area contributed by atoms with Gasteiger partial charge in [-0.3, -0.25) is 10.1 Å². The predicted molar refractivity (Wildman–Crippen MR) is 77.1 cm³/mol. The molecule has 0 amide bonds. The second kappa shape index (κ2) is 6.16. The molecule has 2 N–H and O–H groups in total. The molecule has 0 atom stereocenters. The Labute approximate surface area is 117 Å². The van der Waals surface area contributed by atoms with E-state index in [-0.39, 0.29) is 11.4 Å². The van der Waals surface area contributed by atoms with Gasteiger partial charge in [-0.25, -0.2) is 0 Å². The van der Waals surface area contributed by atoms with Crippen molar-refractivity contribution >= 4 is 5.69 Å². The Kier molecular flexibility index (Phi) is 4.32. The van der Waals surface area contributed by atoms with Gasteiger partial charge >= 0.3 is 5.69 Å². The topological polar surface area (TPSA) is 78.4 Å². The minimum absolute atomic E-state index is 0.0449. The molecule has 0 unspecified atom stereocenters. The van der Waals surface area contributed by atoms with E-state index in [1.54, 1.807) is 24.3 Å². The molecule has 5 nitrogen and oxygen atoms in total. The summed E-state index contributed by atoms with van der Waals surface area (Å²) in [5.41, 5.74) is 7.35. The molecule has 0 aromatic heterocycles. The molecular formula is C15H16N2O3. The summed E-state index contributed by atoms with van der Waals surface area (Å²) >= 11 is 0. The van der Waals surface area contributed by atoms with Crippen molar-refractivity contribution in [2.75, 3.05) is 6.54 Å². The van der Waals surface area contributed by atoms with E-state index in [1.165, 1.54) is 6.07 Å². The molecule has 5 heteroatoms. The van der Waals surface area contributed by atoms with Crippen LogP contribution in [0.2, 0.25) is 0 Å². The van der Waals surface area contributed by atoms with E-state index < -0.39 is 4.92 Å². The molecule has 0 saturated carbocycles. The lowest BCUT2D eigenvalue weighted by molar-refractivity contribution is -0.385. The van der Waals surface area contributed by atoms with Gasteiger partial charge in [-0.05, 0) is 43.7 Å². The Morgan fingerprint density at radius 1 is 1.20 bits per heavy atom. The molecule has 20 heavy (non-hydrogen) atoms. The van der Waals surface area contributed by atoms with Crippen LogP contribution in [0.1, 0.15) is 11.1 Å². The van der Waals surface area contributed by atoms with E-state index in [0.29, 0.717) is 18.7 Å². The Morgan fingerprint density at radius 2 is 1.90 bits per heavy atom. The first-order valence-corrected chi connectivity index (χ1v) is 6.32. The van der Waals surface area contributed by atoms with E-state index >= 15 is 0 Å². The zero-order chi connectivity index (χ0) is 14.5. The maximum absolute atomic E-state index is 11.1. The average Bonchev–Trinajstić information content (AvgIpc) is 2.43. The first-order chi connectivity index (χ1) is 9.60. The van der Waals surface area contributed by atoms with Crippen molar-refractivity contribution in [3.05, 3.63) is 63.7 Å². The molecule has 0 aliphatic heterocycles. The summed E-state index contributed by atoms with van der Waals surface area (Å²) < 4.78 is 5.59. The lowest BCUT2D eigenvalue weighted by Gasteiger charge is -2.08. The molecule has 2 aromatic carbocycles. The van der Waals surface area contributed by atoms with E-state index in [0.717, 1.165) is 11.1 Å². The highest BCUT2D eigenvalue weighted by atomic mass is 16.6. The quantitative estimate of drug-likeness (QED) is 0.669. The third-order valence-electron chi connectivity index (χ3n) is 2.90. The van der Waals surface area contributed by atoms with Crippen LogP contribution in [0, 0.1) is 17.0 Å². The van der Waals surface area contributed by atoms with Gasteiger partial charge in [0, 0.05) is 6.07 Å². The van der Waals surface area contributed by atoms with E-state index in [2.05, 4.69) is 0 Å². The molecule has 0 spiro atoms. The first kappa shape index (κ1) is 14.0. The third-order valence-corrected chi connectivity index (χ3v) is 2.90. The highest BCUT2D eigenvalue weighted by molar-refractivity contribution is 5.50. The average molecular weight is 272 g/mol. The second-order valence-corrected chi connectivity index (χ2v) is 4.51. The Balaban J connectivity index is 2.30. The summed E-state index contributed by atoms with van der Waals surface area (Å²) in [5, 5.41) is 11.1. The number of nitrogens with two attached hydrogens (primary N) is 1. The van der Waals surface area contributed by atoms with Gasteiger partial charge in [0.05, 0.1) is 4.92 Å². The monoisotopic (exact) mass is 272 g/mol. The van der Waals surface area contributed by atoms with Crippen LogP contribution in [-0.2, 0) is 6.42 Å². The van der Waals surface area contributed by atoms with Crippen molar-refractivity contribution in [2.24, 2.45) is 5.73 Å². The lowest BCUT2D eigenvalue weighted by atomic mass is 10.1. The maximum atomic E-state index is 11.1. The van der Waals surface area contributed by atoms with Crippen LogP contribution in [0.5, 0.6) is 11.5 Å². The zero-order valence-electron chi connectivity index (χ0n) is 11.2. The van der Waals surface area contributed by atoms with E-state index in [4.69, 9.17) is 10.5 Å². The summed E-state index contributed by atoms with van der Waals surface area (Å²) in [5.74, 6) is 0.810.